The van der Waals surface area contributed by atoms with Crippen LogP contribution in [-0.2, 0) is 0 Å². The van der Waals surface area contributed by atoms with Crippen LogP contribution in [0.1, 0.15) is 39.5 Å². The highest BCUT2D eigenvalue weighted by atomic mass is 16.5. The largest absolute Gasteiger partial charge is 0.494 e. The van der Waals surface area contributed by atoms with Crippen molar-refractivity contribution in [2.24, 2.45) is 5.41 Å². The van der Waals surface area contributed by atoms with Crippen molar-refractivity contribution in [1.82, 2.24) is 5.32 Å². The van der Waals surface area contributed by atoms with Crippen LogP contribution in [0, 0.1) is 5.41 Å². The molecule has 2 rings (SSSR count). The second-order valence-electron chi connectivity index (χ2n) is 5.73. The van der Waals surface area contributed by atoms with E-state index in [-0.39, 0.29) is 0 Å². The summed E-state index contributed by atoms with van der Waals surface area (Å²) >= 11 is 0. The van der Waals surface area contributed by atoms with Crippen molar-refractivity contribution in [3.05, 3.63) is 30.3 Å². The van der Waals surface area contributed by atoms with Crippen LogP contribution in [0.5, 0.6) is 5.75 Å². The molecule has 1 aliphatic rings. The van der Waals surface area contributed by atoms with E-state index in [0.29, 0.717) is 5.41 Å². The van der Waals surface area contributed by atoms with Gasteiger partial charge in [0.25, 0.3) is 0 Å². The molecule has 18 heavy (non-hydrogen) atoms. The summed E-state index contributed by atoms with van der Waals surface area (Å²) in [6.45, 7) is 6.56. The highest BCUT2D eigenvalue weighted by Gasteiger charge is 2.27. The second kappa shape index (κ2) is 6.24. The Morgan fingerprint density at radius 3 is 2.61 bits per heavy atom. The monoisotopic (exact) mass is 247 g/mol. The van der Waals surface area contributed by atoms with Crippen molar-refractivity contribution in [1.29, 1.82) is 0 Å². The Morgan fingerprint density at radius 2 is 2.00 bits per heavy atom. The molecule has 1 saturated carbocycles. The summed E-state index contributed by atoms with van der Waals surface area (Å²) in [5.74, 6) is 0.978. The van der Waals surface area contributed by atoms with Gasteiger partial charge in [-0.25, -0.2) is 0 Å². The Bertz CT molecular complexity index is 347. The Morgan fingerprint density at radius 1 is 1.28 bits per heavy atom. The molecule has 0 spiro atoms. The predicted octanol–water partition coefficient (Wildman–Crippen LogP) is 3.62. The van der Waals surface area contributed by atoms with Crippen molar-refractivity contribution in [2.45, 2.75) is 45.6 Å². The Hall–Kier alpha value is -1.02. The molecule has 0 aliphatic heterocycles. The standard InChI is InChI=1S/C16H25NO/c1-3-16(2,13-17-14-9-10-14)11-12-18-15-7-5-4-6-8-15/h4-8,14,17H,3,9-13H2,1-2H3. The molecular weight excluding hydrogens is 222 g/mol. The summed E-state index contributed by atoms with van der Waals surface area (Å²) in [6, 6.07) is 10.9. The average Bonchev–Trinajstić information content (AvgIpc) is 3.22. The Balaban J connectivity index is 1.71. The van der Waals surface area contributed by atoms with E-state index in [1.807, 2.05) is 30.3 Å². The van der Waals surface area contributed by atoms with Gasteiger partial charge < -0.3 is 10.1 Å². The van der Waals surface area contributed by atoms with Gasteiger partial charge in [-0.2, -0.15) is 0 Å². The zero-order valence-electron chi connectivity index (χ0n) is 11.6. The number of hydrogen-bond acceptors (Lipinski definition) is 2. The molecule has 2 nitrogen and oxygen atoms in total. The molecule has 1 atom stereocenters. The maximum absolute atomic E-state index is 5.80. The molecule has 1 aromatic carbocycles. The van der Waals surface area contributed by atoms with E-state index in [9.17, 15) is 0 Å². The number of benzene rings is 1. The van der Waals surface area contributed by atoms with Gasteiger partial charge in [-0.05, 0) is 43.2 Å². The summed E-state index contributed by atoms with van der Waals surface area (Å²) < 4.78 is 5.80. The molecule has 1 N–H and O–H groups in total. The molecule has 100 valence electrons. The minimum atomic E-state index is 0.359. The third-order valence-corrected chi connectivity index (χ3v) is 3.97. The highest BCUT2D eigenvalue weighted by molar-refractivity contribution is 5.20. The molecule has 0 amide bonds. The summed E-state index contributed by atoms with van der Waals surface area (Å²) in [4.78, 5) is 0. The number of para-hydroxylation sites is 1. The molecule has 2 heteroatoms. The number of hydrogen-bond donors (Lipinski definition) is 1. The Labute approximate surface area is 111 Å². The summed E-state index contributed by atoms with van der Waals surface area (Å²) in [7, 11) is 0. The topological polar surface area (TPSA) is 21.3 Å². The van der Waals surface area contributed by atoms with Gasteiger partial charge >= 0.3 is 0 Å². The predicted molar refractivity (Wildman–Crippen MR) is 76.0 cm³/mol. The lowest BCUT2D eigenvalue weighted by Crippen LogP contribution is -2.34. The lowest BCUT2D eigenvalue weighted by molar-refractivity contribution is 0.199. The number of rotatable bonds is 8. The highest BCUT2D eigenvalue weighted by Crippen LogP contribution is 2.27. The maximum atomic E-state index is 5.80. The van der Waals surface area contributed by atoms with Gasteiger partial charge in [-0.3, -0.25) is 0 Å². The van der Waals surface area contributed by atoms with Crippen molar-refractivity contribution in [3.8, 4) is 5.75 Å². The zero-order chi connectivity index (χ0) is 12.8. The van der Waals surface area contributed by atoms with Crippen LogP contribution < -0.4 is 10.1 Å². The normalized spacial score (nSPS) is 18.3. The SMILES string of the molecule is CCC(C)(CCOc1ccccc1)CNC1CC1. The van der Waals surface area contributed by atoms with Crippen LogP contribution in [0.3, 0.4) is 0 Å². The van der Waals surface area contributed by atoms with E-state index in [2.05, 4.69) is 19.2 Å². The van der Waals surface area contributed by atoms with E-state index >= 15 is 0 Å². The van der Waals surface area contributed by atoms with Gasteiger partial charge in [0, 0.05) is 12.6 Å². The van der Waals surface area contributed by atoms with Crippen molar-refractivity contribution < 1.29 is 4.74 Å². The molecule has 0 radical (unpaired) electrons. The third kappa shape index (κ3) is 4.34. The Kier molecular flexibility index (Phi) is 4.65. The van der Waals surface area contributed by atoms with E-state index < -0.39 is 0 Å². The molecule has 1 aromatic rings. The van der Waals surface area contributed by atoms with Gasteiger partial charge in [0.2, 0.25) is 0 Å². The van der Waals surface area contributed by atoms with Crippen LogP contribution in [0.4, 0.5) is 0 Å². The first-order valence-electron chi connectivity index (χ1n) is 7.13. The average molecular weight is 247 g/mol. The van der Waals surface area contributed by atoms with Crippen molar-refractivity contribution >= 4 is 0 Å². The van der Waals surface area contributed by atoms with Crippen LogP contribution >= 0.6 is 0 Å². The molecule has 1 aliphatic carbocycles. The molecule has 0 bridgehead atoms. The fraction of sp³-hybridized carbons (Fsp3) is 0.625. The van der Waals surface area contributed by atoms with Crippen LogP contribution in [-0.4, -0.2) is 19.2 Å². The minimum absolute atomic E-state index is 0.359. The van der Waals surface area contributed by atoms with Crippen molar-refractivity contribution in [2.75, 3.05) is 13.2 Å². The van der Waals surface area contributed by atoms with Crippen LogP contribution in [0.2, 0.25) is 0 Å². The van der Waals surface area contributed by atoms with Crippen molar-refractivity contribution in [3.63, 3.8) is 0 Å². The first kappa shape index (κ1) is 13.4. The lowest BCUT2D eigenvalue weighted by atomic mass is 9.84. The molecule has 1 fully saturated rings. The van der Waals surface area contributed by atoms with Gasteiger partial charge in [0.1, 0.15) is 5.75 Å². The van der Waals surface area contributed by atoms with Crippen LogP contribution in [0.15, 0.2) is 30.3 Å². The smallest absolute Gasteiger partial charge is 0.119 e. The van der Waals surface area contributed by atoms with E-state index in [4.69, 9.17) is 4.74 Å². The molecule has 0 saturated heterocycles. The fourth-order valence-electron chi connectivity index (χ4n) is 2.00. The number of nitrogens with one attached hydrogen (secondary N) is 1. The summed E-state index contributed by atoms with van der Waals surface area (Å²) in [5.41, 5.74) is 0.359. The minimum Gasteiger partial charge on any atom is -0.494 e. The lowest BCUT2D eigenvalue weighted by Gasteiger charge is -2.28. The first-order chi connectivity index (χ1) is 8.72. The quantitative estimate of drug-likeness (QED) is 0.757. The third-order valence-electron chi connectivity index (χ3n) is 3.97. The van der Waals surface area contributed by atoms with E-state index in [1.54, 1.807) is 0 Å². The van der Waals surface area contributed by atoms with Gasteiger partial charge in [-0.15, -0.1) is 0 Å². The molecule has 0 aromatic heterocycles. The van der Waals surface area contributed by atoms with E-state index in [0.717, 1.165) is 31.4 Å². The number of ether oxygens (including phenoxy) is 1. The van der Waals surface area contributed by atoms with Gasteiger partial charge in [-0.1, -0.05) is 32.0 Å². The first-order valence-corrected chi connectivity index (χ1v) is 7.13. The molecule has 1 unspecified atom stereocenters. The maximum Gasteiger partial charge on any atom is 0.119 e. The van der Waals surface area contributed by atoms with E-state index in [1.165, 1.54) is 19.3 Å². The molecular formula is C16H25NO. The zero-order valence-corrected chi connectivity index (χ0v) is 11.6. The van der Waals surface area contributed by atoms with Gasteiger partial charge in [0.15, 0.2) is 0 Å². The van der Waals surface area contributed by atoms with Crippen LogP contribution in [0.25, 0.3) is 0 Å². The molecule has 0 heterocycles. The second-order valence-corrected chi connectivity index (χ2v) is 5.73. The fourth-order valence-corrected chi connectivity index (χ4v) is 2.00. The summed E-state index contributed by atoms with van der Waals surface area (Å²) in [5, 5.41) is 3.64. The van der Waals surface area contributed by atoms with Gasteiger partial charge in [0.05, 0.1) is 6.61 Å². The summed E-state index contributed by atoms with van der Waals surface area (Å²) in [6.07, 6.45) is 5.03.